The maximum Gasteiger partial charge on any atom is 0.330 e. The Morgan fingerprint density at radius 1 is 1.10 bits per heavy atom. The second-order valence-corrected chi connectivity index (χ2v) is 7.94. The standard InChI is InChI=1S/C22H24N4O3/c27-20(15-29-18-5-2-1-3-6-18)24-12-10-17(14-24)26-21-19(7-4-11-23-21)25(22(26)28)13-16-8-9-16/h1-7,11,16-17H,8-10,12-15H2/t17-/m1/s1. The molecule has 1 atom stereocenters. The van der Waals surface area contributed by atoms with Gasteiger partial charge in [-0.25, -0.2) is 9.78 Å². The molecule has 2 aliphatic rings. The van der Waals surface area contributed by atoms with E-state index in [-0.39, 0.29) is 24.2 Å². The fraction of sp³-hybridized carbons (Fsp3) is 0.409. The second kappa shape index (κ2) is 7.39. The average Bonchev–Trinajstić information content (AvgIpc) is 3.37. The van der Waals surface area contributed by atoms with Crippen molar-refractivity contribution in [3.05, 3.63) is 59.1 Å². The molecule has 0 spiro atoms. The molecule has 1 aliphatic carbocycles. The van der Waals surface area contributed by atoms with Crippen LogP contribution in [-0.2, 0) is 11.3 Å². The number of imidazole rings is 1. The van der Waals surface area contributed by atoms with Crippen LogP contribution >= 0.6 is 0 Å². The zero-order valence-electron chi connectivity index (χ0n) is 16.2. The molecule has 3 heterocycles. The summed E-state index contributed by atoms with van der Waals surface area (Å²) < 4.78 is 9.25. The van der Waals surface area contributed by atoms with Crippen LogP contribution in [-0.4, -0.2) is 44.6 Å². The smallest absolute Gasteiger partial charge is 0.330 e. The van der Waals surface area contributed by atoms with Crippen LogP contribution < -0.4 is 10.4 Å². The number of hydrogen-bond donors (Lipinski definition) is 0. The van der Waals surface area contributed by atoms with Gasteiger partial charge in [0.25, 0.3) is 5.91 Å². The third-order valence-corrected chi connectivity index (χ3v) is 5.85. The SMILES string of the molecule is O=C(COc1ccccc1)N1CC[C@@H](n2c(=O)n(CC3CC3)c3cccnc32)C1. The van der Waals surface area contributed by atoms with E-state index in [1.54, 1.807) is 15.7 Å². The normalized spacial score (nSPS) is 19.0. The summed E-state index contributed by atoms with van der Waals surface area (Å²) in [7, 11) is 0. The van der Waals surface area contributed by atoms with Crippen molar-refractivity contribution in [3.8, 4) is 5.75 Å². The number of hydrogen-bond acceptors (Lipinski definition) is 4. The van der Waals surface area contributed by atoms with E-state index in [1.807, 2.05) is 47.0 Å². The first kappa shape index (κ1) is 18.0. The number of carbonyl (C=O) groups is 1. The Hall–Kier alpha value is -3.09. The summed E-state index contributed by atoms with van der Waals surface area (Å²) in [6.07, 6.45) is 4.85. The molecule has 0 bridgehead atoms. The van der Waals surface area contributed by atoms with E-state index in [9.17, 15) is 9.59 Å². The zero-order chi connectivity index (χ0) is 19.8. The first-order chi connectivity index (χ1) is 14.2. The number of pyridine rings is 1. The highest BCUT2D eigenvalue weighted by molar-refractivity contribution is 5.78. The maximum absolute atomic E-state index is 13.2. The van der Waals surface area contributed by atoms with Crippen molar-refractivity contribution in [2.45, 2.75) is 31.8 Å². The monoisotopic (exact) mass is 392 g/mol. The lowest BCUT2D eigenvalue weighted by Crippen LogP contribution is -2.35. The maximum atomic E-state index is 13.2. The Morgan fingerprint density at radius 2 is 1.93 bits per heavy atom. The van der Waals surface area contributed by atoms with Gasteiger partial charge in [-0.1, -0.05) is 18.2 Å². The first-order valence-electron chi connectivity index (χ1n) is 10.2. The topological polar surface area (TPSA) is 69.4 Å². The van der Waals surface area contributed by atoms with Gasteiger partial charge in [0.1, 0.15) is 5.75 Å². The molecule has 1 saturated carbocycles. The minimum Gasteiger partial charge on any atom is -0.484 e. The van der Waals surface area contributed by atoms with Crippen LogP contribution in [0.2, 0.25) is 0 Å². The Morgan fingerprint density at radius 3 is 2.72 bits per heavy atom. The average molecular weight is 392 g/mol. The summed E-state index contributed by atoms with van der Waals surface area (Å²) in [5, 5.41) is 0. The van der Waals surface area contributed by atoms with Crippen molar-refractivity contribution in [1.82, 2.24) is 19.0 Å². The molecular weight excluding hydrogens is 368 g/mol. The van der Waals surface area contributed by atoms with Crippen LogP contribution in [0.1, 0.15) is 25.3 Å². The van der Waals surface area contributed by atoms with Crippen LogP contribution in [0.3, 0.4) is 0 Å². The van der Waals surface area contributed by atoms with E-state index < -0.39 is 0 Å². The van der Waals surface area contributed by atoms with Crippen LogP contribution in [0.15, 0.2) is 53.5 Å². The first-order valence-corrected chi connectivity index (χ1v) is 10.2. The molecule has 2 fully saturated rings. The molecule has 1 aliphatic heterocycles. The highest BCUT2D eigenvalue weighted by Gasteiger charge is 2.32. The zero-order valence-corrected chi connectivity index (χ0v) is 16.2. The number of benzene rings is 1. The number of nitrogens with zero attached hydrogens (tertiary/aromatic N) is 4. The molecule has 0 radical (unpaired) electrons. The summed E-state index contributed by atoms with van der Waals surface area (Å²) in [6.45, 7) is 1.90. The van der Waals surface area contributed by atoms with E-state index in [2.05, 4.69) is 4.98 Å². The van der Waals surface area contributed by atoms with Crippen molar-refractivity contribution in [3.63, 3.8) is 0 Å². The number of para-hydroxylation sites is 1. The molecule has 2 aromatic heterocycles. The van der Waals surface area contributed by atoms with Crippen LogP contribution in [0.25, 0.3) is 11.2 Å². The molecule has 0 N–H and O–H groups in total. The summed E-state index contributed by atoms with van der Waals surface area (Å²) in [4.78, 5) is 32.1. The quantitative estimate of drug-likeness (QED) is 0.646. The molecule has 1 aromatic carbocycles. The number of ether oxygens (including phenoxy) is 1. The number of fused-ring (bicyclic) bond motifs is 1. The summed E-state index contributed by atoms with van der Waals surface area (Å²) in [5.74, 6) is 1.22. The molecule has 7 nitrogen and oxygen atoms in total. The van der Waals surface area contributed by atoms with E-state index >= 15 is 0 Å². The van der Waals surface area contributed by atoms with Crippen LogP contribution in [0, 0.1) is 5.92 Å². The summed E-state index contributed by atoms with van der Waals surface area (Å²) in [5.41, 5.74) is 1.60. The molecule has 3 aromatic rings. The predicted octanol–water partition coefficient (Wildman–Crippen LogP) is 2.46. The van der Waals surface area contributed by atoms with Crippen molar-refractivity contribution >= 4 is 17.1 Å². The Bertz CT molecular complexity index is 1080. The van der Waals surface area contributed by atoms with Crippen molar-refractivity contribution in [2.75, 3.05) is 19.7 Å². The van der Waals surface area contributed by atoms with Gasteiger partial charge in [0, 0.05) is 25.8 Å². The molecule has 29 heavy (non-hydrogen) atoms. The molecule has 0 unspecified atom stereocenters. The van der Waals surface area contributed by atoms with Crippen LogP contribution in [0.4, 0.5) is 0 Å². The number of rotatable bonds is 6. The van der Waals surface area contributed by atoms with E-state index in [1.165, 1.54) is 12.8 Å². The van der Waals surface area contributed by atoms with Gasteiger partial charge in [0.2, 0.25) is 0 Å². The third-order valence-electron chi connectivity index (χ3n) is 5.85. The van der Waals surface area contributed by atoms with E-state index in [0.29, 0.717) is 24.8 Å². The lowest BCUT2D eigenvalue weighted by atomic mass is 10.2. The highest BCUT2D eigenvalue weighted by atomic mass is 16.5. The molecular formula is C22H24N4O3. The largest absolute Gasteiger partial charge is 0.484 e. The van der Waals surface area contributed by atoms with Gasteiger partial charge in [-0.3, -0.25) is 13.9 Å². The number of amides is 1. The minimum absolute atomic E-state index is 0.00726. The van der Waals surface area contributed by atoms with Crippen molar-refractivity contribution in [1.29, 1.82) is 0 Å². The fourth-order valence-electron chi connectivity index (χ4n) is 4.10. The lowest BCUT2D eigenvalue weighted by Gasteiger charge is -2.17. The van der Waals surface area contributed by atoms with Gasteiger partial charge in [0.05, 0.1) is 11.6 Å². The third kappa shape index (κ3) is 3.52. The van der Waals surface area contributed by atoms with Gasteiger partial charge in [0.15, 0.2) is 12.3 Å². The lowest BCUT2D eigenvalue weighted by molar-refractivity contribution is -0.132. The molecule has 1 saturated heterocycles. The number of carbonyl (C=O) groups excluding carboxylic acids is 1. The van der Waals surface area contributed by atoms with Gasteiger partial charge in [-0.2, -0.15) is 0 Å². The molecule has 1 amide bonds. The van der Waals surface area contributed by atoms with Crippen molar-refractivity contribution < 1.29 is 9.53 Å². The van der Waals surface area contributed by atoms with Gasteiger partial charge >= 0.3 is 5.69 Å². The van der Waals surface area contributed by atoms with Gasteiger partial charge in [-0.15, -0.1) is 0 Å². The Kier molecular flexibility index (Phi) is 4.58. The molecule has 7 heteroatoms. The number of aromatic nitrogens is 3. The summed E-state index contributed by atoms with van der Waals surface area (Å²) in [6, 6.07) is 13.1. The highest BCUT2D eigenvalue weighted by Crippen LogP contribution is 2.32. The molecule has 150 valence electrons. The molecule has 5 rings (SSSR count). The second-order valence-electron chi connectivity index (χ2n) is 7.94. The van der Waals surface area contributed by atoms with Crippen LogP contribution in [0.5, 0.6) is 5.75 Å². The Labute approximate surface area is 168 Å². The number of likely N-dealkylation sites (tertiary alicyclic amines) is 1. The van der Waals surface area contributed by atoms with E-state index in [0.717, 1.165) is 24.1 Å². The van der Waals surface area contributed by atoms with Gasteiger partial charge < -0.3 is 9.64 Å². The summed E-state index contributed by atoms with van der Waals surface area (Å²) >= 11 is 0. The Balaban J connectivity index is 1.33. The van der Waals surface area contributed by atoms with Gasteiger partial charge in [-0.05, 0) is 49.4 Å². The fourth-order valence-corrected chi connectivity index (χ4v) is 4.10. The van der Waals surface area contributed by atoms with E-state index in [4.69, 9.17) is 4.74 Å². The predicted molar refractivity (Wildman–Crippen MR) is 109 cm³/mol. The van der Waals surface area contributed by atoms with Crippen molar-refractivity contribution in [2.24, 2.45) is 5.92 Å². The minimum atomic E-state index is -0.0564.